The fourth-order valence-electron chi connectivity index (χ4n) is 7.48. The number of hydrogen-bond acceptors (Lipinski definition) is 8. The Balaban J connectivity index is 4.34. The van der Waals surface area contributed by atoms with Crippen molar-refractivity contribution < 1.29 is 42.9 Å². The predicted molar refractivity (Wildman–Crippen MR) is 265 cm³/mol. The molecule has 0 rings (SSSR count). The van der Waals surface area contributed by atoms with E-state index >= 15 is 0 Å². The first-order chi connectivity index (χ1) is 31.1. The Hall–Kier alpha value is -2.49. The molecule has 0 spiro atoms. The zero-order valence-corrected chi connectivity index (χ0v) is 42.4. The van der Waals surface area contributed by atoms with Crippen LogP contribution in [0.3, 0.4) is 0 Å². The Labute approximate surface area is 394 Å². The number of rotatable bonds is 49. The number of ether oxygens (including phenoxy) is 4. The fourth-order valence-corrected chi connectivity index (χ4v) is 7.48. The van der Waals surface area contributed by atoms with Gasteiger partial charge in [-0.3, -0.25) is 9.59 Å². The van der Waals surface area contributed by atoms with E-state index in [4.69, 9.17) is 18.9 Å². The van der Waals surface area contributed by atoms with Gasteiger partial charge in [0.25, 0.3) is 0 Å². The Morgan fingerprint density at radius 2 is 0.844 bits per heavy atom. The molecule has 2 atom stereocenters. The summed E-state index contributed by atoms with van der Waals surface area (Å²) in [6.45, 7) is 4.75. The smallest absolute Gasteiger partial charge is 0.306 e. The number of carbonyl (C=O) groups is 3. The van der Waals surface area contributed by atoms with E-state index < -0.39 is 24.3 Å². The van der Waals surface area contributed by atoms with Crippen LogP contribution in [0.2, 0.25) is 0 Å². The molecule has 0 N–H and O–H groups in total. The van der Waals surface area contributed by atoms with E-state index in [2.05, 4.69) is 50.3 Å². The minimum absolute atomic E-state index is 0.146. The van der Waals surface area contributed by atoms with Gasteiger partial charge in [-0.2, -0.15) is 0 Å². The summed E-state index contributed by atoms with van der Waals surface area (Å²) in [7, 11) is 5.92. The number of aliphatic carboxylic acids is 1. The molecule has 0 aliphatic carbocycles. The second-order valence-corrected chi connectivity index (χ2v) is 19.2. The number of quaternary nitrogens is 1. The molecule has 9 nitrogen and oxygen atoms in total. The Morgan fingerprint density at radius 1 is 0.469 bits per heavy atom. The van der Waals surface area contributed by atoms with E-state index in [-0.39, 0.29) is 32.2 Å². The lowest BCUT2D eigenvalue weighted by molar-refractivity contribution is -0.870. The highest BCUT2D eigenvalue weighted by atomic mass is 16.7. The molecule has 0 saturated heterocycles. The van der Waals surface area contributed by atoms with Gasteiger partial charge in [-0.15, -0.1) is 0 Å². The van der Waals surface area contributed by atoms with Gasteiger partial charge >= 0.3 is 11.9 Å². The zero-order valence-electron chi connectivity index (χ0n) is 42.4. The number of unbranched alkanes of at least 4 members (excludes halogenated alkanes) is 28. The van der Waals surface area contributed by atoms with Crippen LogP contribution in [0.25, 0.3) is 0 Å². The first kappa shape index (κ1) is 61.5. The highest BCUT2D eigenvalue weighted by Crippen LogP contribution is 2.16. The summed E-state index contributed by atoms with van der Waals surface area (Å²) in [5, 5.41) is 11.7. The number of esters is 2. The number of nitrogens with zero attached hydrogens (tertiary/aromatic N) is 1. The second-order valence-electron chi connectivity index (χ2n) is 19.2. The van der Waals surface area contributed by atoms with E-state index in [9.17, 15) is 19.5 Å². The highest BCUT2D eigenvalue weighted by Gasteiger charge is 2.22. The summed E-state index contributed by atoms with van der Waals surface area (Å²) in [5.41, 5.74) is 0. The maximum Gasteiger partial charge on any atom is 0.306 e. The molecule has 0 aromatic carbocycles. The maximum absolute atomic E-state index is 12.8. The first-order valence-corrected chi connectivity index (χ1v) is 26.6. The molecule has 0 aromatic rings. The third-order valence-corrected chi connectivity index (χ3v) is 11.6. The van der Waals surface area contributed by atoms with Gasteiger partial charge in [-0.05, 0) is 51.4 Å². The van der Waals surface area contributed by atoms with Crippen molar-refractivity contribution in [1.82, 2.24) is 0 Å². The van der Waals surface area contributed by atoms with Crippen molar-refractivity contribution in [3.63, 3.8) is 0 Å². The van der Waals surface area contributed by atoms with Gasteiger partial charge < -0.3 is 33.3 Å². The third-order valence-electron chi connectivity index (χ3n) is 11.6. The molecule has 0 heterocycles. The van der Waals surface area contributed by atoms with E-state index in [0.29, 0.717) is 23.9 Å². The van der Waals surface area contributed by atoms with Crippen LogP contribution in [0.1, 0.15) is 239 Å². The lowest BCUT2D eigenvalue weighted by Crippen LogP contribution is -2.44. The standard InChI is InChI=1S/C55H101NO8/c1-6-8-10-12-14-16-18-20-22-24-26-27-28-30-32-34-36-38-40-42-44-46-53(58)64-51(50-63-55(54(59)60)61-48-47-56(3,4)5)49-62-52(57)45-43-41-39-37-35-33-31-29-25-23-21-19-17-15-13-11-9-7-2/h18,20,24,26,28,30,51,55H,6-17,19,21-23,25,27,29,31-50H2,1-5H3/b20-18-,26-24-,30-28-. The normalized spacial score (nSPS) is 13.1. The SMILES string of the molecule is CCCCCCC/C=C\C/C=C\C/C=C\CCCCCCCCC(=O)OC(COC(=O)CCCCCCCCCCCCCCCCCCCC)COC(OCC[N+](C)(C)C)C(=O)[O-]. The highest BCUT2D eigenvalue weighted by molar-refractivity contribution is 5.70. The maximum atomic E-state index is 12.8. The van der Waals surface area contributed by atoms with E-state index in [1.54, 1.807) is 0 Å². The van der Waals surface area contributed by atoms with Crippen LogP contribution in [0, 0.1) is 0 Å². The van der Waals surface area contributed by atoms with Crippen LogP contribution >= 0.6 is 0 Å². The number of carboxylic acid groups (broad SMARTS) is 1. The van der Waals surface area contributed by atoms with Crippen molar-refractivity contribution in [2.24, 2.45) is 0 Å². The summed E-state index contributed by atoms with van der Waals surface area (Å²) < 4.78 is 22.6. The van der Waals surface area contributed by atoms with E-state index in [1.165, 1.54) is 135 Å². The predicted octanol–water partition coefficient (Wildman–Crippen LogP) is 13.6. The summed E-state index contributed by atoms with van der Waals surface area (Å²) >= 11 is 0. The van der Waals surface area contributed by atoms with E-state index in [0.717, 1.165) is 70.6 Å². The Morgan fingerprint density at radius 3 is 1.25 bits per heavy atom. The molecule has 0 aliphatic heterocycles. The molecule has 0 saturated carbocycles. The van der Waals surface area contributed by atoms with Crippen LogP contribution in [-0.4, -0.2) is 82.3 Å². The minimum Gasteiger partial charge on any atom is -0.545 e. The van der Waals surface area contributed by atoms with Crippen molar-refractivity contribution in [2.45, 2.75) is 251 Å². The molecule has 0 radical (unpaired) electrons. The summed E-state index contributed by atoms with van der Waals surface area (Å²) in [5.74, 6) is -2.29. The molecular formula is C55H101NO8. The summed E-state index contributed by atoms with van der Waals surface area (Å²) in [6.07, 6.45) is 51.7. The van der Waals surface area contributed by atoms with Crippen molar-refractivity contribution in [2.75, 3.05) is 47.5 Å². The number of hydrogen-bond donors (Lipinski definition) is 0. The molecular weight excluding hydrogens is 803 g/mol. The molecule has 0 amide bonds. The van der Waals surface area contributed by atoms with Gasteiger partial charge in [-0.1, -0.05) is 211 Å². The molecule has 64 heavy (non-hydrogen) atoms. The fraction of sp³-hybridized carbons (Fsp3) is 0.836. The number of carboxylic acids is 1. The number of allylic oxidation sites excluding steroid dienone is 6. The van der Waals surface area contributed by atoms with Crippen molar-refractivity contribution in [1.29, 1.82) is 0 Å². The summed E-state index contributed by atoms with van der Waals surface area (Å²) in [4.78, 5) is 37.2. The van der Waals surface area contributed by atoms with Crippen LogP contribution in [0.5, 0.6) is 0 Å². The third kappa shape index (κ3) is 47.5. The van der Waals surface area contributed by atoms with E-state index in [1.807, 2.05) is 21.1 Å². The van der Waals surface area contributed by atoms with Crippen LogP contribution in [0.15, 0.2) is 36.5 Å². The molecule has 0 aliphatic rings. The molecule has 0 aromatic heterocycles. The average Bonchev–Trinajstić information content (AvgIpc) is 3.26. The van der Waals surface area contributed by atoms with Gasteiger partial charge in [0.15, 0.2) is 12.4 Å². The first-order valence-electron chi connectivity index (χ1n) is 26.6. The van der Waals surface area contributed by atoms with Gasteiger partial charge in [-0.25, -0.2) is 0 Å². The zero-order chi connectivity index (χ0) is 47.0. The van der Waals surface area contributed by atoms with Crippen molar-refractivity contribution in [3.8, 4) is 0 Å². The van der Waals surface area contributed by atoms with Crippen LogP contribution < -0.4 is 5.11 Å². The molecule has 2 unspecified atom stereocenters. The van der Waals surface area contributed by atoms with Crippen LogP contribution in [-0.2, 0) is 33.3 Å². The summed E-state index contributed by atoms with van der Waals surface area (Å²) in [6, 6.07) is 0. The van der Waals surface area contributed by atoms with Gasteiger partial charge in [0.1, 0.15) is 13.2 Å². The van der Waals surface area contributed by atoms with Gasteiger partial charge in [0.2, 0.25) is 0 Å². The topological polar surface area (TPSA) is 111 Å². The monoisotopic (exact) mass is 904 g/mol. The van der Waals surface area contributed by atoms with Gasteiger partial charge in [0, 0.05) is 12.8 Å². The van der Waals surface area contributed by atoms with Crippen molar-refractivity contribution >= 4 is 17.9 Å². The van der Waals surface area contributed by atoms with Crippen molar-refractivity contribution in [3.05, 3.63) is 36.5 Å². The largest absolute Gasteiger partial charge is 0.545 e. The second kappa shape index (κ2) is 47.0. The quantitative estimate of drug-likeness (QED) is 0.0195. The number of likely N-dealkylation sites (N-methyl/N-ethyl adjacent to an activating group) is 1. The lowest BCUT2D eigenvalue weighted by atomic mass is 10.0. The average molecular weight is 904 g/mol. The Kier molecular flexibility index (Phi) is 45.2. The minimum atomic E-state index is -1.62. The molecule has 0 bridgehead atoms. The lowest BCUT2D eigenvalue weighted by Gasteiger charge is -2.26. The molecule has 0 fully saturated rings. The number of carbonyl (C=O) groups excluding carboxylic acids is 3. The van der Waals surface area contributed by atoms with Gasteiger partial charge in [0.05, 0.1) is 40.3 Å². The van der Waals surface area contributed by atoms with Crippen LogP contribution in [0.4, 0.5) is 0 Å². The molecule has 374 valence electrons. The Bertz CT molecular complexity index is 1150. The molecule has 9 heteroatoms.